The van der Waals surface area contributed by atoms with Gasteiger partial charge in [0.25, 0.3) is 0 Å². The number of carbonyl (C=O) groups excluding carboxylic acids is 1. The lowest BCUT2D eigenvalue weighted by Crippen LogP contribution is -2.52. The van der Waals surface area contributed by atoms with Gasteiger partial charge in [0.05, 0.1) is 18.2 Å². The molecule has 0 radical (unpaired) electrons. The summed E-state index contributed by atoms with van der Waals surface area (Å²) in [5.74, 6) is -0.205. The number of hydrogen-bond donors (Lipinski definition) is 3. The molecule has 0 aromatic heterocycles. The molecule has 2 heterocycles. The normalized spacial score (nSPS) is 21.6. The van der Waals surface area contributed by atoms with Crippen LogP contribution < -0.4 is 21.0 Å². The van der Waals surface area contributed by atoms with E-state index < -0.39 is 24.8 Å². The Labute approximate surface area is 279 Å². The Morgan fingerprint density at radius 1 is 1.10 bits per heavy atom. The van der Waals surface area contributed by atoms with Crippen LogP contribution in [-0.4, -0.2) is 82.5 Å². The molecule has 2 fully saturated rings. The second-order valence-electron chi connectivity index (χ2n) is 12.9. The van der Waals surface area contributed by atoms with Gasteiger partial charge in [-0.15, -0.1) is 0 Å². The maximum atomic E-state index is 14.6. The Balaban J connectivity index is 1.26. The van der Waals surface area contributed by atoms with Gasteiger partial charge < -0.3 is 30.6 Å². The quantitative estimate of drug-likeness (QED) is 0.0972. The Morgan fingerprint density at radius 2 is 1.83 bits per heavy atom. The van der Waals surface area contributed by atoms with Gasteiger partial charge in [-0.1, -0.05) is 18.2 Å². The number of amidine groups is 1. The summed E-state index contributed by atoms with van der Waals surface area (Å²) in [7, 11) is 2.87. The monoisotopic (exact) mass is 669 g/mol. The van der Waals surface area contributed by atoms with Gasteiger partial charge in [0.2, 0.25) is 0 Å². The van der Waals surface area contributed by atoms with Crippen molar-refractivity contribution in [1.82, 2.24) is 21.0 Å². The van der Waals surface area contributed by atoms with Crippen LogP contribution in [0, 0.1) is 34.9 Å². The summed E-state index contributed by atoms with van der Waals surface area (Å²) in [6.45, 7) is 4.91. The number of rotatable bonds is 11. The van der Waals surface area contributed by atoms with Crippen molar-refractivity contribution in [3.63, 3.8) is 0 Å². The van der Waals surface area contributed by atoms with Crippen LogP contribution in [0.1, 0.15) is 42.7 Å². The number of carbonyl (C=O) groups is 1. The molecule has 2 aliphatic heterocycles. The molecule has 9 nitrogen and oxygen atoms in total. The van der Waals surface area contributed by atoms with Crippen LogP contribution in [0.15, 0.2) is 65.3 Å². The lowest BCUT2D eigenvalue weighted by Gasteiger charge is -2.45. The van der Waals surface area contributed by atoms with Gasteiger partial charge in [-0.05, 0) is 85.3 Å². The van der Waals surface area contributed by atoms with Crippen LogP contribution in [0.25, 0.3) is 0 Å². The number of amides is 1. The van der Waals surface area contributed by atoms with Crippen LogP contribution in [0.2, 0.25) is 0 Å². The van der Waals surface area contributed by atoms with E-state index in [0.717, 1.165) is 62.4 Å². The van der Waals surface area contributed by atoms with Crippen molar-refractivity contribution in [2.45, 2.75) is 43.9 Å². The predicted molar refractivity (Wildman–Crippen MR) is 176 cm³/mol. The van der Waals surface area contributed by atoms with Gasteiger partial charge in [-0.3, -0.25) is 0 Å². The molecule has 3 atom stereocenters. The van der Waals surface area contributed by atoms with Gasteiger partial charge in [0, 0.05) is 57.7 Å². The molecule has 13 heteroatoms. The van der Waals surface area contributed by atoms with Crippen LogP contribution in [0.3, 0.4) is 0 Å². The van der Waals surface area contributed by atoms with Crippen molar-refractivity contribution >= 4 is 17.6 Å². The van der Waals surface area contributed by atoms with Gasteiger partial charge >= 0.3 is 12.3 Å². The van der Waals surface area contributed by atoms with E-state index in [4.69, 9.17) is 10.00 Å². The molecule has 3 N–H and O–H groups in total. The average molecular weight is 670 g/mol. The molecule has 0 spiro atoms. The van der Waals surface area contributed by atoms with E-state index >= 15 is 0 Å². The third kappa shape index (κ3) is 9.18. The lowest BCUT2D eigenvalue weighted by molar-refractivity contribution is -0.121. The summed E-state index contributed by atoms with van der Waals surface area (Å²) in [5.41, 5.74) is 6.23. The first kappa shape index (κ1) is 35.0. The first-order valence-electron chi connectivity index (χ1n) is 16.4. The van der Waals surface area contributed by atoms with Crippen molar-refractivity contribution in [3.8, 4) is 6.07 Å². The van der Waals surface area contributed by atoms with Gasteiger partial charge in [0.15, 0.2) is 0 Å². The van der Waals surface area contributed by atoms with Crippen molar-refractivity contribution in [2.75, 3.05) is 58.3 Å². The molecule has 2 aromatic carbocycles. The highest BCUT2D eigenvalue weighted by Gasteiger charge is 2.42. The maximum Gasteiger partial charge on any atom is 0.407 e. The van der Waals surface area contributed by atoms with Gasteiger partial charge in [0.1, 0.15) is 24.2 Å². The summed E-state index contributed by atoms with van der Waals surface area (Å²) < 4.78 is 59.1. The maximum absolute atomic E-state index is 14.6. The molecule has 5 rings (SSSR count). The number of likely N-dealkylation sites (tertiary alicyclic amines) is 1. The van der Waals surface area contributed by atoms with Crippen LogP contribution in [0.4, 0.5) is 28.0 Å². The van der Waals surface area contributed by atoms with Crippen molar-refractivity contribution < 1.29 is 27.1 Å². The van der Waals surface area contributed by atoms with Crippen molar-refractivity contribution in [3.05, 3.63) is 77.1 Å². The van der Waals surface area contributed by atoms with E-state index in [-0.39, 0.29) is 36.0 Å². The summed E-state index contributed by atoms with van der Waals surface area (Å²) in [6.07, 6.45) is -2.47. The van der Waals surface area contributed by atoms with E-state index in [2.05, 4.69) is 37.0 Å². The zero-order chi connectivity index (χ0) is 34.3. The van der Waals surface area contributed by atoms with E-state index in [1.54, 1.807) is 12.1 Å². The number of alkyl halides is 3. The molecule has 1 aliphatic carbocycles. The predicted octanol–water partition coefficient (Wildman–Crippen LogP) is 5.38. The number of piperidine rings is 1. The largest absolute Gasteiger partial charge is 0.445 e. The Bertz CT molecular complexity index is 1490. The molecule has 3 aliphatic rings. The highest BCUT2D eigenvalue weighted by Crippen LogP contribution is 2.45. The van der Waals surface area contributed by atoms with E-state index in [1.807, 2.05) is 36.4 Å². The summed E-state index contributed by atoms with van der Waals surface area (Å²) in [4.78, 5) is 17.2. The highest BCUT2D eigenvalue weighted by molar-refractivity contribution is 5.82. The number of benzene rings is 2. The third-order valence-electron chi connectivity index (χ3n) is 9.58. The van der Waals surface area contributed by atoms with E-state index in [9.17, 15) is 22.4 Å². The Hall–Kier alpha value is -4.31. The molecule has 48 heavy (non-hydrogen) atoms. The molecule has 1 unspecified atom stereocenters. The number of hydrogen-bond acceptors (Lipinski definition) is 7. The number of halogens is 4. The number of nitrogens with one attached hydrogen (secondary N) is 3. The highest BCUT2D eigenvalue weighted by atomic mass is 19.4. The second kappa shape index (κ2) is 15.7. The fourth-order valence-corrected chi connectivity index (χ4v) is 7.26. The molecular weight excluding hydrogens is 626 g/mol. The van der Waals surface area contributed by atoms with Crippen molar-refractivity contribution in [1.29, 1.82) is 5.26 Å². The van der Waals surface area contributed by atoms with Gasteiger partial charge in [-0.25, -0.2) is 9.18 Å². The number of anilines is 1. The minimum Gasteiger partial charge on any atom is -0.445 e. The number of alkyl carbamates (subject to hydrolysis) is 1. The summed E-state index contributed by atoms with van der Waals surface area (Å²) in [5, 5.41) is 18.0. The third-order valence-corrected chi connectivity index (χ3v) is 9.58. The van der Waals surface area contributed by atoms with Crippen LogP contribution in [-0.2, 0) is 4.74 Å². The van der Waals surface area contributed by atoms with Crippen LogP contribution in [0.5, 0.6) is 0 Å². The minimum absolute atomic E-state index is 0.132. The summed E-state index contributed by atoms with van der Waals surface area (Å²) >= 11 is 0. The van der Waals surface area contributed by atoms with E-state index in [1.165, 1.54) is 20.2 Å². The lowest BCUT2D eigenvalue weighted by atomic mass is 9.72. The SMILES string of the molecule is CNC(=O)O[C@H]1CC(CN/N=C(/CC(F)(F)F)NC)=C[C@@H]1C(c1cccc(F)c1)C1CCN(CC2CN(c3ccc(C#N)cc3)C2)CC1. The zero-order valence-corrected chi connectivity index (χ0v) is 27.3. The molecule has 2 saturated heterocycles. The zero-order valence-electron chi connectivity index (χ0n) is 27.3. The number of ether oxygens (including phenoxy) is 1. The Kier molecular flexibility index (Phi) is 11.5. The first-order valence-corrected chi connectivity index (χ1v) is 16.4. The average Bonchev–Trinajstić information content (AvgIpc) is 3.43. The smallest absolute Gasteiger partial charge is 0.407 e. The van der Waals surface area contributed by atoms with Crippen molar-refractivity contribution in [2.24, 2.45) is 22.9 Å². The molecule has 2 aromatic rings. The Morgan fingerprint density at radius 3 is 2.46 bits per heavy atom. The van der Waals surface area contributed by atoms with Gasteiger partial charge in [-0.2, -0.15) is 23.5 Å². The number of nitrogens with zero attached hydrogens (tertiary/aromatic N) is 4. The number of nitriles is 1. The molecule has 0 saturated carbocycles. The second-order valence-corrected chi connectivity index (χ2v) is 12.9. The molecule has 258 valence electrons. The number of hydrazone groups is 1. The standard InChI is InChI=1S/C35H43F4N7O2/c1-41-32(17-35(37,38)39)44-43-19-24-14-30(31(15-24)48-34(47)42-2)33(27-4-3-5-28(36)16-27)26-10-12-45(13-11-26)20-25-21-46(22-25)29-8-6-23(18-40)7-9-29/h3-9,14,16,25-26,30-31,33,43H,10-13,15,17,19-22H2,1-2H3,(H,41,44)(H,42,47)/t30-,31-,33?/m0/s1. The molecular formula is C35H43F4N7O2. The molecule has 1 amide bonds. The fourth-order valence-electron chi connectivity index (χ4n) is 7.26. The topological polar surface area (TPSA) is 105 Å². The minimum atomic E-state index is -4.40. The van der Waals surface area contributed by atoms with Crippen LogP contribution >= 0.6 is 0 Å². The molecule has 0 bridgehead atoms. The van der Waals surface area contributed by atoms with E-state index in [0.29, 0.717) is 17.9 Å². The fraction of sp³-hybridized carbons (Fsp3) is 0.514. The first-order chi connectivity index (χ1) is 23.0. The summed E-state index contributed by atoms with van der Waals surface area (Å²) in [6, 6.07) is 16.4.